The third-order valence-electron chi connectivity index (χ3n) is 5.95. The fourth-order valence-electron chi connectivity index (χ4n) is 4.43. The summed E-state index contributed by atoms with van der Waals surface area (Å²) in [5.41, 5.74) is 7.73. The monoisotopic (exact) mass is 418 g/mol. The van der Waals surface area contributed by atoms with Crippen LogP contribution in [0.5, 0.6) is 5.75 Å². The van der Waals surface area contributed by atoms with Crippen LogP contribution in [-0.2, 0) is 17.6 Å². The van der Waals surface area contributed by atoms with Crippen molar-refractivity contribution < 1.29 is 9.47 Å². The molecule has 2 heterocycles. The number of anilines is 1. The predicted molar refractivity (Wildman–Crippen MR) is 124 cm³/mol. The van der Waals surface area contributed by atoms with Gasteiger partial charge >= 0.3 is 0 Å². The van der Waals surface area contributed by atoms with E-state index in [0.29, 0.717) is 13.2 Å². The fourth-order valence-corrected chi connectivity index (χ4v) is 4.43. The van der Waals surface area contributed by atoms with Gasteiger partial charge in [0, 0.05) is 30.5 Å². The molecule has 0 amide bonds. The lowest BCUT2D eigenvalue weighted by Crippen LogP contribution is -2.31. The Hall–Kier alpha value is -3.04. The Labute approximate surface area is 184 Å². The first kappa shape index (κ1) is 21.2. The summed E-state index contributed by atoms with van der Waals surface area (Å²) in [4.78, 5) is 7.40. The molecule has 0 atom stereocenters. The molecule has 1 aliphatic carbocycles. The zero-order chi connectivity index (χ0) is 22.0. The van der Waals surface area contributed by atoms with Crippen LogP contribution in [0, 0.1) is 25.7 Å². The van der Waals surface area contributed by atoms with Crippen LogP contribution in [0.15, 0.2) is 18.2 Å². The summed E-state index contributed by atoms with van der Waals surface area (Å²) >= 11 is 0. The van der Waals surface area contributed by atoms with E-state index in [2.05, 4.69) is 42.7 Å². The van der Waals surface area contributed by atoms with Crippen LogP contribution in [0.3, 0.4) is 0 Å². The van der Waals surface area contributed by atoms with Gasteiger partial charge < -0.3 is 14.4 Å². The number of rotatable bonds is 7. The number of hydrogen-bond donors (Lipinski definition) is 0. The Kier molecular flexibility index (Phi) is 6.15. The summed E-state index contributed by atoms with van der Waals surface area (Å²) < 4.78 is 12.8. The lowest BCUT2D eigenvalue weighted by Gasteiger charge is -2.25. The van der Waals surface area contributed by atoms with E-state index >= 15 is 0 Å². The molecule has 0 N–H and O–H groups in total. The van der Waals surface area contributed by atoms with Gasteiger partial charge in [-0.25, -0.2) is 4.98 Å². The average molecular weight is 419 g/mol. The molecular weight excluding hydrogens is 388 g/mol. The van der Waals surface area contributed by atoms with Gasteiger partial charge in [-0.05, 0) is 63.3 Å². The van der Waals surface area contributed by atoms with Gasteiger partial charge in [-0.3, -0.25) is 0 Å². The smallest absolute Gasteiger partial charge is 0.165 e. The molecule has 4 rings (SSSR count). The minimum Gasteiger partial charge on any atom is -0.497 e. The van der Waals surface area contributed by atoms with E-state index in [4.69, 9.17) is 19.6 Å². The highest BCUT2D eigenvalue weighted by Gasteiger charge is 2.27. The van der Waals surface area contributed by atoms with E-state index in [-0.39, 0.29) is 0 Å². The molecular formula is C25H30N4O2. The Balaban J connectivity index is 1.95. The lowest BCUT2D eigenvalue weighted by molar-refractivity contribution is 0.205. The molecule has 162 valence electrons. The van der Waals surface area contributed by atoms with Crippen molar-refractivity contribution >= 4 is 11.5 Å². The van der Waals surface area contributed by atoms with Crippen molar-refractivity contribution in [2.45, 2.75) is 40.0 Å². The van der Waals surface area contributed by atoms with Crippen molar-refractivity contribution in [3.05, 3.63) is 40.7 Å². The number of aromatic nitrogens is 3. The van der Waals surface area contributed by atoms with Crippen LogP contribution < -0.4 is 9.64 Å². The summed E-state index contributed by atoms with van der Waals surface area (Å²) in [6.45, 7) is 8.08. The molecule has 31 heavy (non-hydrogen) atoms. The Bertz CT molecular complexity index is 1170. The van der Waals surface area contributed by atoms with E-state index in [9.17, 15) is 0 Å². The highest BCUT2D eigenvalue weighted by atomic mass is 16.5. The van der Waals surface area contributed by atoms with Crippen LogP contribution in [0.2, 0.25) is 0 Å². The van der Waals surface area contributed by atoms with Gasteiger partial charge in [0.2, 0.25) is 0 Å². The van der Waals surface area contributed by atoms with Gasteiger partial charge in [0.05, 0.1) is 26.0 Å². The first-order valence-electron chi connectivity index (χ1n) is 10.8. The summed E-state index contributed by atoms with van der Waals surface area (Å²) in [6, 6.07) is 6.17. The Morgan fingerprint density at radius 3 is 2.74 bits per heavy atom. The molecule has 6 nitrogen and oxygen atoms in total. The topological polar surface area (TPSA) is 51.9 Å². The second kappa shape index (κ2) is 8.99. The number of methoxy groups -OCH3 is 2. The van der Waals surface area contributed by atoms with Crippen LogP contribution in [0.25, 0.3) is 16.8 Å². The molecule has 0 fully saturated rings. The van der Waals surface area contributed by atoms with E-state index < -0.39 is 0 Å². The van der Waals surface area contributed by atoms with Gasteiger partial charge in [0.15, 0.2) is 5.65 Å². The summed E-state index contributed by atoms with van der Waals surface area (Å²) in [5.74, 6) is 8.23. The van der Waals surface area contributed by atoms with Crippen molar-refractivity contribution in [3.63, 3.8) is 0 Å². The second-order valence-corrected chi connectivity index (χ2v) is 7.93. The van der Waals surface area contributed by atoms with E-state index in [0.717, 1.165) is 65.4 Å². The molecule has 2 aromatic heterocycles. The third-order valence-corrected chi connectivity index (χ3v) is 5.95. The normalized spacial score (nSPS) is 12.5. The molecule has 0 aliphatic heterocycles. The van der Waals surface area contributed by atoms with Crippen LogP contribution in [0.1, 0.15) is 35.9 Å². The summed E-state index contributed by atoms with van der Waals surface area (Å²) in [6.07, 6.45) is 3.14. The number of fused-ring (bicyclic) bond motifs is 2. The lowest BCUT2D eigenvalue weighted by atomic mass is 10.0. The van der Waals surface area contributed by atoms with Crippen molar-refractivity contribution in [1.82, 2.24) is 14.6 Å². The minimum absolute atomic E-state index is 0.634. The SMILES string of the molecule is CC#CCN(CCOC)c1c2c(nc3c(-c4ccc(OC)cc4C)c(C)nn13)CCC2. The van der Waals surface area contributed by atoms with Crippen molar-refractivity contribution in [2.75, 3.05) is 38.8 Å². The molecule has 0 saturated heterocycles. The maximum absolute atomic E-state index is 5.40. The van der Waals surface area contributed by atoms with E-state index in [1.54, 1.807) is 14.2 Å². The maximum Gasteiger partial charge on any atom is 0.165 e. The number of nitrogens with zero attached hydrogens (tertiary/aromatic N) is 4. The van der Waals surface area contributed by atoms with Crippen LogP contribution in [0.4, 0.5) is 5.82 Å². The number of benzene rings is 1. The molecule has 3 aromatic rings. The average Bonchev–Trinajstić information content (AvgIpc) is 3.36. The number of ether oxygens (including phenoxy) is 2. The number of hydrogen-bond acceptors (Lipinski definition) is 5. The highest BCUT2D eigenvalue weighted by molar-refractivity contribution is 5.83. The van der Waals surface area contributed by atoms with E-state index in [1.807, 2.05) is 17.5 Å². The van der Waals surface area contributed by atoms with E-state index in [1.165, 1.54) is 11.3 Å². The Morgan fingerprint density at radius 1 is 1.19 bits per heavy atom. The van der Waals surface area contributed by atoms with Crippen molar-refractivity contribution in [3.8, 4) is 28.7 Å². The largest absolute Gasteiger partial charge is 0.497 e. The van der Waals surface area contributed by atoms with Gasteiger partial charge in [-0.2, -0.15) is 9.61 Å². The summed E-state index contributed by atoms with van der Waals surface area (Å²) in [5, 5.41) is 4.98. The minimum atomic E-state index is 0.634. The van der Waals surface area contributed by atoms with Gasteiger partial charge in [0.1, 0.15) is 11.6 Å². The second-order valence-electron chi connectivity index (χ2n) is 7.93. The molecule has 0 bridgehead atoms. The third kappa shape index (κ3) is 3.86. The van der Waals surface area contributed by atoms with Crippen molar-refractivity contribution in [1.29, 1.82) is 0 Å². The van der Waals surface area contributed by atoms with Crippen LogP contribution in [-0.4, -0.2) is 48.5 Å². The quantitative estimate of drug-likeness (QED) is 0.543. The zero-order valence-corrected chi connectivity index (χ0v) is 19.1. The van der Waals surface area contributed by atoms with Gasteiger partial charge in [-0.1, -0.05) is 12.0 Å². The molecule has 0 radical (unpaired) electrons. The highest BCUT2D eigenvalue weighted by Crippen LogP contribution is 2.37. The first-order chi connectivity index (χ1) is 15.1. The summed E-state index contributed by atoms with van der Waals surface area (Å²) in [7, 11) is 3.43. The Morgan fingerprint density at radius 2 is 2.03 bits per heavy atom. The molecule has 1 aromatic carbocycles. The predicted octanol–water partition coefficient (Wildman–Crippen LogP) is 3.99. The zero-order valence-electron chi connectivity index (χ0n) is 19.1. The molecule has 0 saturated carbocycles. The van der Waals surface area contributed by atoms with Crippen LogP contribution >= 0.6 is 0 Å². The van der Waals surface area contributed by atoms with Gasteiger partial charge in [-0.15, -0.1) is 5.92 Å². The standard InChI is InChI=1S/C25H30N4O2/c1-6-7-13-28(14-15-30-4)25-21-9-8-10-22(21)26-24-23(18(3)27-29(24)25)20-12-11-19(31-5)16-17(20)2/h11-12,16H,8-10,13-15H2,1-5H3. The molecule has 6 heteroatoms. The fraction of sp³-hybridized carbons (Fsp3) is 0.440. The van der Waals surface area contributed by atoms with Gasteiger partial charge in [0.25, 0.3) is 0 Å². The molecule has 0 spiro atoms. The maximum atomic E-state index is 5.40. The van der Waals surface area contributed by atoms with Crippen molar-refractivity contribution in [2.24, 2.45) is 0 Å². The first-order valence-corrected chi connectivity index (χ1v) is 10.8. The molecule has 1 aliphatic rings. The number of aryl methyl sites for hydroxylation is 3. The molecule has 0 unspecified atom stereocenters.